The molecule has 0 saturated carbocycles. The number of carbonyl (C=O) groups is 1. The van der Waals surface area contributed by atoms with Crippen molar-refractivity contribution < 1.29 is 4.79 Å². The molecule has 3 aromatic rings. The minimum absolute atomic E-state index is 0.0143. The lowest BCUT2D eigenvalue weighted by atomic mass is 10.1. The molecule has 0 saturated heterocycles. The lowest BCUT2D eigenvalue weighted by molar-refractivity contribution is -0.130. The van der Waals surface area contributed by atoms with Crippen LogP contribution in [-0.4, -0.2) is 29.0 Å². The molecule has 0 aliphatic carbocycles. The molecule has 24 heavy (non-hydrogen) atoms. The van der Waals surface area contributed by atoms with Gasteiger partial charge in [-0.1, -0.05) is 38.1 Å². The maximum absolute atomic E-state index is 12.7. The minimum Gasteiger partial charge on any atom is -0.344 e. The molecular weight excluding hydrogens is 300 g/mol. The van der Waals surface area contributed by atoms with E-state index in [2.05, 4.69) is 13.8 Å². The standard InChI is InChI=1S/C20H22N2O2/c1-14(2)12-21(3)19(23)13-22-17-10-6-4-8-15(17)20(24)16-9-5-7-11-18(16)22/h4-11,14H,12-13H2,1-3H3. The van der Waals surface area contributed by atoms with Crippen molar-refractivity contribution in [2.24, 2.45) is 5.92 Å². The summed E-state index contributed by atoms with van der Waals surface area (Å²) in [6, 6.07) is 15.0. The summed E-state index contributed by atoms with van der Waals surface area (Å²) >= 11 is 0. The first-order valence-corrected chi connectivity index (χ1v) is 8.23. The molecule has 1 heterocycles. The van der Waals surface area contributed by atoms with E-state index in [9.17, 15) is 9.59 Å². The zero-order valence-electron chi connectivity index (χ0n) is 14.3. The molecule has 0 N–H and O–H groups in total. The van der Waals surface area contributed by atoms with Crippen LogP contribution in [0.5, 0.6) is 0 Å². The number of pyridine rings is 1. The summed E-state index contributed by atoms with van der Waals surface area (Å²) in [5.41, 5.74) is 1.61. The van der Waals surface area contributed by atoms with Crippen LogP contribution in [0.15, 0.2) is 53.3 Å². The molecule has 124 valence electrons. The maximum atomic E-state index is 12.7. The fraction of sp³-hybridized carbons (Fsp3) is 0.300. The van der Waals surface area contributed by atoms with Crippen LogP contribution in [0, 0.1) is 5.92 Å². The highest BCUT2D eigenvalue weighted by molar-refractivity contribution is 5.94. The van der Waals surface area contributed by atoms with E-state index in [1.54, 1.807) is 4.90 Å². The van der Waals surface area contributed by atoms with Gasteiger partial charge >= 0.3 is 0 Å². The first kappa shape index (κ1) is 16.2. The van der Waals surface area contributed by atoms with Gasteiger partial charge in [-0.25, -0.2) is 0 Å². The van der Waals surface area contributed by atoms with Gasteiger partial charge in [-0.2, -0.15) is 0 Å². The number of nitrogens with zero attached hydrogens (tertiary/aromatic N) is 2. The number of carbonyl (C=O) groups excluding carboxylic acids is 1. The SMILES string of the molecule is CC(C)CN(C)C(=O)Cn1c2ccccc2c(=O)c2ccccc21. The molecule has 0 atom stereocenters. The Morgan fingerprint density at radius 3 is 2.00 bits per heavy atom. The van der Waals surface area contributed by atoms with Gasteiger partial charge < -0.3 is 9.47 Å². The molecule has 4 heteroatoms. The Hall–Kier alpha value is -2.62. The number of aromatic nitrogens is 1. The van der Waals surface area contributed by atoms with Crippen LogP contribution in [-0.2, 0) is 11.3 Å². The average Bonchev–Trinajstić information content (AvgIpc) is 2.58. The number of fused-ring (bicyclic) bond motifs is 2. The van der Waals surface area contributed by atoms with Crippen molar-refractivity contribution in [2.75, 3.05) is 13.6 Å². The van der Waals surface area contributed by atoms with E-state index in [4.69, 9.17) is 0 Å². The summed E-state index contributed by atoms with van der Waals surface area (Å²) < 4.78 is 1.95. The molecule has 1 amide bonds. The number of para-hydroxylation sites is 2. The molecule has 0 aliphatic heterocycles. The van der Waals surface area contributed by atoms with Gasteiger partial charge in [-0.15, -0.1) is 0 Å². The van der Waals surface area contributed by atoms with Crippen molar-refractivity contribution in [3.05, 3.63) is 58.8 Å². The van der Waals surface area contributed by atoms with Crippen LogP contribution in [0.2, 0.25) is 0 Å². The van der Waals surface area contributed by atoms with E-state index < -0.39 is 0 Å². The number of benzene rings is 2. The van der Waals surface area contributed by atoms with E-state index in [1.807, 2.05) is 60.1 Å². The maximum Gasteiger partial charge on any atom is 0.242 e. The Balaban J connectivity index is 2.16. The molecule has 1 aromatic heterocycles. The van der Waals surface area contributed by atoms with Crippen molar-refractivity contribution in [3.8, 4) is 0 Å². The minimum atomic E-state index is 0.0143. The van der Waals surface area contributed by atoms with Crippen LogP contribution in [0.25, 0.3) is 21.8 Å². The zero-order valence-corrected chi connectivity index (χ0v) is 14.3. The lowest BCUT2D eigenvalue weighted by Crippen LogP contribution is -2.33. The smallest absolute Gasteiger partial charge is 0.242 e. The van der Waals surface area contributed by atoms with Gasteiger partial charge in [0.15, 0.2) is 5.43 Å². The predicted molar refractivity (Wildman–Crippen MR) is 98.2 cm³/mol. The third-order valence-corrected chi connectivity index (χ3v) is 4.24. The van der Waals surface area contributed by atoms with E-state index in [-0.39, 0.29) is 17.9 Å². The van der Waals surface area contributed by atoms with E-state index >= 15 is 0 Å². The Bertz CT molecular complexity index is 897. The van der Waals surface area contributed by atoms with E-state index in [0.717, 1.165) is 17.6 Å². The van der Waals surface area contributed by atoms with E-state index in [0.29, 0.717) is 16.7 Å². The molecule has 0 radical (unpaired) electrons. The van der Waals surface area contributed by atoms with Gasteiger partial charge in [0.2, 0.25) is 5.91 Å². The molecule has 0 bridgehead atoms. The fourth-order valence-corrected chi connectivity index (χ4v) is 3.15. The van der Waals surface area contributed by atoms with Crippen LogP contribution in [0.4, 0.5) is 0 Å². The Labute approximate surface area is 141 Å². The molecule has 4 nitrogen and oxygen atoms in total. The van der Waals surface area contributed by atoms with Gasteiger partial charge in [-0.05, 0) is 30.2 Å². The fourth-order valence-electron chi connectivity index (χ4n) is 3.15. The highest BCUT2D eigenvalue weighted by atomic mass is 16.2. The third-order valence-electron chi connectivity index (χ3n) is 4.24. The highest BCUT2D eigenvalue weighted by Gasteiger charge is 2.15. The zero-order chi connectivity index (χ0) is 17.3. The molecule has 2 aromatic carbocycles. The van der Waals surface area contributed by atoms with Crippen molar-refractivity contribution in [1.82, 2.24) is 9.47 Å². The molecule has 0 unspecified atom stereocenters. The number of hydrogen-bond acceptors (Lipinski definition) is 2. The van der Waals surface area contributed by atoms with Crippen molar-refractivity contribution in [2.45, 2.75) is 20.4 Å². The number of likely N-dealkylation sites (N-methyl/N-ethyl adjacent to an activating group) is 1. The van der Waals surface area contributed by atoms with Gasteiger partial charge in [0, 0.05) is 24.4 Å². The van der Waals surface area contributed by atoms with Crippen molar-refractivity contribution in [3.63, 3.8) is 0 Å². The molecule has 3 rings (SSSR count). The normalized spacial score (nSPS) is 11.3. The van der Waals surface area contributed by atoms with Gasteiger partial charge in [0.1, 0.15) is 6.54 Å². The van der Waals surface area contributed by atoms with Crippen LogP contribution in [0.1, 0.15) is 13.8 Å². The van der Waals surface area contributed by atoms with Crippen molar-refractivity contribution >= 4 is 27.7 Å². The summed E-state index contributed by atoms with van der Waals surface area (Å²) in [5, 5.41) is 1.30. The summed E-state index contributed by atoms with van der Waals surface area (Å²) in [6.07, 6.45) is 0. The van der Waals surface area contributed by atoms with Crippen LogP contribution >= 0.6 is 0 Å². The third kappa shape index (κ3) is 2.92. The van der Waals surface area contributed by atoms with E-state index in [1.165, 1.54) is 0 Å². The Morgan fingerprint density at radius 2 is 1.50 bits per heavy atom. The summed E-state index contributed by atoms with van der Waals surface area (Å²) in [5.74, 6) is 0.462. The monoisotopic (exact) mass is 322 g/mol. The first-order chi connectivity index (χ1) is 11.5. The summed E-state index contributed by atoms with van der Waals surface area (Å²) in [6.45, 7) is 5.13. The second kappa shape index (κ2) is 6.48. The number of amides is 1. The largest absolute Gasteiger partial charge is 0.344 e. The second-order valence-electron chi connectivity index (χ2n) is 6.62. The molecule has 0 fully saturated rings. The molecular formula is C20H22N2O2. The van der Waals surface area contributed by atoms with Gasteiger partial charge in [0.05, 0.1) is 11.0 Å². The first-order valence-electron chi connectivity index (χ1n) is 8.23. The highest BCUT2D eigenvalue weighted by Crippen LogP contribution is 2.19. The topological polar surface area (TPSA) is 42.3 Å². The number of rotatable bonds is 4. The van der Waals surface area contributed by atoms with Crippen LogP contribution in [0.3, 0.4) is 0 Å². The summed E-state index contributed by atoms with van der Waals surface area (Å²) in [7, 11) is 1.83. The molecule has 0 aliphatic rings. The second-order valence-corrected chi connectivity index (χ2v) is 6.62. The quantitative estimate of drug-likeness (QED) is 0.692. The van der Waals surface area contributed by atoms with Crippen molar-refractivity contribution in [1.29, 1.82) is 0 Å². The van der Waals surface area contributed by atoms with Gasteiger partial charge in [-0.3, -0.25) is 9.59 Å². The average molecular weight is 322 g/mol. The summed E-state index contributed by atoms with van der Waals surface area (Å²) in [4.78, 5) is 27.1. The lowest BCUT2D eigenvalue weighted by Gasteiger charge is -2.22. The Kier molecular flexibility index (Phi) is 4.38. The number of hydrogen-bond donors (Lipinski definition) is 0. The Morgan fingerprint density at radius 1 is 1.00 bits per heavy atom. The molecule has 0 spiro atoms. The van der Waals surface area contributed by atoms with Crippen LogP contribution < -0.4 is 5.43 Å². The van der Waals surface area contributed by atoms with Gasteiger partial charge in [0.25, 0.3) is 0 Å². The predicted octanol–water partition coefficient (Wildman–Crippen LogP) is 3.27.